The smallest absolute Gasteiger partial charge is 0.369 e. The standard InChI is InChI=1S/C19H19NO3.C18H17NO3.BBr3/c1-19(2,3)18(22)20-11-5-7-13-15-10-12(23-4)6-8-14(15)17(21)16(13)9-11;1-18(2,3)17(22)19-10-4-6-12-14-9-11(20)5-7-13(14)16(21)15(12)8-10;2-1(3)4/h5-10H,1-4H3,(H,20,22);4-9,20H,1-3H3,(H,19,22);. The number of amides is 2. The Morgan fingerprint density at radius 2 is 0.980 bits per heavy atom. The fourth-order valence-corrected chi connectivity index (χ4v) is 5.04. The van der Waals surface area contributed by atoms with E-state index in [0.29, 0.717) is 33.6 Å². The number of methoxy groups -OCH3 is 1. The van der Waals surface area contributed by atoms with Gasteiger partial charge in [-0.25, -0.2) is 0 Å². The molecular weight excluding hydrogens is 819 g/mol. The lowest BCUT2D eigenvalue weighted by molar-refractivity contribution is -0.123. The summed E-state index contributed by atoms with van der Waals surface area (Å²) in [5.74, 6) is 0.551. The van der Waals surface area contributed by atoms with Gasteiger partial charge in [-0.3, -0.25) is 19.2 Å². The molecule has 254 valence electrons. The van der Waals surface area contributed by atoms with Gasteiger partial charge < -0.3 is 20.5 Å². The molecule has 0 spiro atoms. The van der Waals surface area contributed by atoms with Crippen molar-refractivity contribution >= 4 is 85.2 Å². The fraction of sp³-hybridized carbons (Fsp3) is 0.243. The molecule has 49 heavy (non-hydrogen) atoms. The molecule has 6 rings (SSSR count). The van der Waals surface area contributed by atoms with Crippen LogP contribution in [0.15, 0.2) is 72.8 Å². The summed E-state index contributed by atoms with van der Waals surface area (Å²) in [4.78, 5) is 49.2. The molecule has 4 aromatic carbocycles. The van der Waals surface area contributed by atoms with E-state index < -0.39 is 10.8 Å². The van der Waals surface area contributed by atoms with Crippen LogP contribution in [-0.2, 0) is 9.59 Å². The number of hydrogen-bond donors (Lipinski definition) is 3. The topological polar surface area (TPSA) is 122 Å². The van der Waals surface area contributed by atoms with E-state index in [0.717, 1.165) is 28.0 Å². The molecule has 3 N–H and O–H groups in total. The number of aromatic hydroxyl groups is 1. The molecule has 2 aliphatic rings. The second-order valence-electron chi connectivity index (χ2n) is 13.5. The van der Waals surface area contributed by atoms with E-state index >= 15 is 0 Å². The number of anilines is 2. The highest BCUT2D eigenvalue weighted by molar-refractivity contribution is 9.69. The Labute approximate surface area is 311 Å². The first-order valence-electron chi connectivity index (χ1n) is 15.3. The number of rotatable bonds is 3. The van der Waals surface area contributed by atoms with Gasteiger partial charge in [0.15, 0.2) is 11.6 Å². The molecule has 0 unspecified atom stereocenters. The maximum atomic E-state index is 12.6. The third kappa shape index (κ3) is 8.90. The Kier molecular flexibility index (Phi) is 11.7. The third-order valence-electron chi connectivity index (χ3n) is 7.71. The van der Waals surface area contributed by atoms with Crippen LogP contribution in [0.1, 0.15) is 73.4 Å². The Balaban J connectivity index is 0.000000199. The minimum atomic E-state index is -0.502. The molecule has 0 saturated carbocycles. The van der Waals surface area contributed by atoms with Gasteiger partial charge in [-0.05, 0) is 82.9 Å². The highest BCUT2D eigenvalue weighted by atomic mass is 79.9. The lowest BCUT2D eigenvalue weighted by atomic mass is 9.95. The van der Waals surface area contributed by atoms with Crippen LogP contribution in [-0.4, -0.2) is 38.8 Å². The molecule has 0 heterocycles. The largest absolute Gasteiger partial charge is 0.508 e. The monoisotopic (exact) mass is 852 g/mol. The highest BCUT2D eigenvalue weighted by Crippen LogP contribution is 2.41. The number of nitrogens with one attached hydrogen (secondary N) is 2. The third-order valence-corrected chi connectivity index (χ3v) is 7.71. The van der Waals surface area contributed by atoms with Crippen molar-refractivity contribution in [3.05, 3.63) is 95.1 Å². The van der Waals surface area contributed by atoms with Crippen molar-refractivity contribution in [1.82, 2.24) is 0 Å². The molecule has 0 fully saturated rings. The molecule has 4 aromatic rings. The predicted molar refractivity (Wildman–Crippen MR) is 208 cm³/mol. The summed E-state index contributed by atoms with van der Waals surface area (Å²) in [6.45, 7) is 11.0. The summed E-state index contributed by atoms with van der Waals surface area (Å²) >= 11 is 9.31. The van der Waals surface area contributed by atoms with Crippen molar-refractivity contribution in [1.29, 1.82) is 0 Å². The van der Waals surface area contributed by atoms with Crippen LogP contribution < -0.4 is 15.4 Å². The van der Waals surface area contributed by atoms with Crippen LogP contribution in [0.25, 0.3) is 22.3 Å². The molecule has 2 amide bonds. The first kappa shape index (κ1) is 38.1. The van der Waals surface area contributed by atoms with Crippen molar-refractivity contribution in [3.8, 4) is 33.8 Å². The summed E-state index contributed by atoms with van der Waals surface area (Å²) in [5, 5.41) is 15.3. The minimum absolute atomic E-state index is 0.0236. The summed E-state index contributed by atoms with van der Waals surface area (Å²) < 4.78 is 5.51. The maximum Gasteiger partial charge on any atom is 0.369 e. The predicted octanol–water partition coefficient (Wildman–Crippen LogP) is 9.64. The molecule has 0 aromatic heterocycles. The normalized spacial score (nSPS) is 12.2. The highest BCUT2D eigenvalue weighted by Gasteiger charge is 2.30. The number of carbonyl (C=O) groups excluding carboxylic acids is 4. The zero-order chi connectivity index (χ0) is 36.4. The van der Waals surface area contributed by atoms with Gasteiger partial charge in [-0.2, -0.15) is 0 Å². The Morgan fingerprint density at radius 3 is 1.39 bits per heavy atom. The zero-order valence-electron chi connectivity index (χ0n) is 28.1. The van der Waals surface area contributed by atoms with Crippen molar-refractivity contribution in [2.75, 3.05) is 17.7 Å². The van der Waals surface area contributed by atoms with Crippen LogP contribution >= 0.6 is 47.3 Å². The summed E-state index contributed by atoms with van der Waals surface area (Å²) in [5.41, 5.74) is 5.91. The van der Waals surface area contributed by atoms with E-state index in [1.54, 1.807) is 55.6 Å². The van der Waals surface area contributed by atoms with E-state index in [9.17, 15) is 24.3 Å². The Hall–Kier alpha value is -3.74. The zero-order valence-corrected chi connectivity index (χ0v) is 32.9. The van der Waals surface area contributed by atoms with Crippen molar-refractivity contribution in [2.45, 2.75) is 41.5 Å². The first-order valence-corrected chi connectivity index (χ1v) is 18.0. The van der Waals surface area contributed by atoms with Crippen LogP contribution in [0, 0.1) is 10.8 Å². The van der Waals surface area contributed by atoms with Gasteiger partial charge in [-0.1, -0.05) is 53.7 Å². The maximum absolute atomic E-state index is 12.6. The fourth-order valence-electron chi connectivity index (χ4n) is 5.04. The van der Waals surface area contributed by atoms with E-state index in [1.165, 1.54) is 6.07 Å². The van der Waals surface area contributed by atoms with Crippen LogP contribution in [0.2, 0.25) is 0 Å². The molecule has 2 aliphatic carbocycles. The summed E-state index contributed by atoms with van der Waals surface area (Å²) in [7, 11) is 1.60. The van der Waals surface area contributed by atoms with Gasteiger partial charge in [0.2, 0.25) is 11.8 Å². The lowest BCUT2D eigenvalue weighted by Gasteiger charge is -2.18. The van der Waals surface area contributed by atoms with Crippen molar-refractivity contribution in [2.24, 2.45) is 10.8 Å². The number of halogens is 3. The molecule has 0 radical (unpaired) electrons. The second kappa shape index (κ2) is 15.0. The van der Waals surface area contributed by atoms with Gasteiger partial charge in [-0.15, -0.1) is 47.3 Å². The van der Waals surface area contributed by atoms with Gasteiger partial charge in [0.05, 0.1) is 7.11 Å². The van der Waals surface area contributed by atoms with Crippen LogP contribution in [0.4, 0.5) is 11.4 Å². The van der Waals surface area contributed by atoms with Crippen LogP contribution in [0.3, 0.4) is 0 Å². The number of phenols is 1. The second-order valence-corrected chi connectivity index (χ2v) is 19.9. The quantitative estimate of drug-likeness (QED) is 0.153. The SMILES string of the molecule is BrB(Br)Br.CC(C)(C)C(=O)Nc1ccc2c(c1)C(=O)c1ccc(O)cc1-2.COc1ccc2c(c1)-c1ccc(NC(=O)C(C)(C)C)cc1C2=O. The summed E-state index contributed by atoms with van der Waals surface area (Å²) in [6, 6.07) is 20.9. The Bertz CT molecular complexity index is 1960. The van der Waals surface area contributed by atoms with Gasteiger partial charge in [0, 0.05) is 44.5 Å². The summed E-state index contributed by atoms with van der Waals surface area (Å²) in [6.07, 6.45) is 0. The number of hydrogen-bond acceptors (Lipinski definition) is 6. The van der Waals surface area contributed by atoms with E-state index in [4.69, 9.17) is 4.74 Å². The first-order chi connectivity index (χ1) is 22.8. The lowest BCUT2D eigenvalue weighted by Crippen LogP contribution is -2.27. The van der Waals surface area contributed by atoms with Gasteiger partial charge in [0.25, 0.3) is 0 Å². The number of benzene rings is 4. The average Bonchev–Trinajstić information content (AvgIpc) is 3.45. The number of carbonyl (C=O) groups is 4. The number of phenolic OH excluding ortho intramolecular Hbond substituents is 1. The Morgan fingerprint density at radius 1 is 0.592 bits per heavy atom. The van der Waals surface area contributed by atoms with E-state index in [1.807, 2.05) is 59.7 Å². The molecule has 0 saturated heterocycles. The van der Waals surface area contributed by atoms with Gasteiger partial charge >= 0.3 is 3.18 Å². The van der Waals surface area contributed by atoms with Gasteiger partial charge in [0.1, 0.15) is 11.5 Å². The number of fused-ring (bicyclic) bond motifs is 6. The number of ether oxygens (including phenoxy) is 1. The van der Waals surface area contributed by atoms with Crippen molar-refractivity contribution in [3.63, 3.8) is 0 Å². The molecule has 8 nitrogen and oxygen atoms in total. The molecule has 0 bridgehead atoms. The number of ketones is 2. The molecular formula is C37H36BBr3N2O6. The van der Waals surface area contributed by atoms with E-state index in [-0.39, 0.29) is 32.3 Å². The van der Waals surface area contributed by atoms with Crippen molar-refractivity contribution < 1.29 is 29.0 Å². The molecule has 0 atom stereocenters. The minimum Gasteiger partial charge on any atom is -0.508 e. The average molecular weight is 855 g/mol. The van der Waals surface area contributed by atoms with E-state index in [2.05, 4.69) is 57.9 Å². The molecule has 0 aliphatic heterocycles. The van der Waals surface area contributed by atoms with Crippen LogP contribution in [0.5, 0.6) is 11.5 Å². The molecule has 12 heteroatoms.